The summed E-state index contributed by atoms with van der Waals surface area (Å²) in [5, 5.41) is 0. The van der Waals surface area contributed by atoms with Gasteiger partial charge >= 0.3 is 0 Å². The Morgan fingerprint density at radius 1 is 1.05 bits per heavy atom. The molecule has 2 atom stereocenters. The van der Waals surface area contributed by atoms with Crippen molar-refractivity contribution >= 4 is 11.8 Å². The van der Waals surface area contributed by atoms with E-state index in [4.69, 9.17) is 0 Å². The van der Waals surface area contributed by atoms with E-state index in [0.29, 0.717) is 19.4 Å². The minimum Gasteiger partial charge on any atom is -0.345 e. The molecule has 7 heteroatoms. The molecule has 122 valence electrons. The molecule has 0 saturated carbocycles. The fourth-order valence-electron chi connectivity index (χ4n) is 2.62. The van der Waals surface area contributed by atoms with Crippen molar-refractivity contribution in [2.75, 3.05) is 33.9 Å². The summed E-state index contributed by atoms with van der Waals surface area (Å²) in [6, 6.07) is 0. The highest BCUT2D eigenvalue weighted by Crippen LogP contribution is 2.22. The fraction of sp³-hybridized carbons (Fsp3) is 0.857. The van der Waals surface area contributed by atoms with Gasteiger partial charge in [-0.15, -0.1) is 0 Å². The molecule has 4 nitrogen and oxygen atoms in total. The third kappa shape index (κ3) is 5.21. The highest BCUT2D eigenvalue weighted by Gasteiger charge is 2.31. The van der Waals surface area contributed by atoms with Crippen LogP contribution in [-0.2, 0) is 9.59 Å². The van der Waals surface area contributed by atoms with Crippen molar-refractivity contribution in [3.05, 3.63) is 0 Å². The summed E-state index contributed by atoms with van der Waals surface area (Å²) in [5.74, 6) is -0.488. The van der Waals surface area contributed by atoms with Gasteiger partial charge < -0.3 is 9.80 Å². The van der Waals surface area contributed by atoms with Gasteiger partial charge in [0, 0.05) is 45.4 Å². The Balaban J connectivity index is 0.000000211. The molecule has 2 aliphatic heterocycles. The van der Waals surface area contributed by atoms with E-state index in [0.717, 1.165) is 13.0 Å². The van der Waals surface area contributed by atoms with Crippen LogP contribution in [0.5, 0.6) is 0 Å². The number of nitrogens with zero attached hydrogens (tertiary/aromatic N) is 2. The molecule has 2 rings (SSSR count). The summed E-state index contributed by atoms with van der Waals surface area (Å²) in [5.41, 5.74) is 0. The molecule has 21 heavy (non-hydrogen) atoms. The largest absolute Gasteiger partial charge is 0.345 e. The molecular weight excluding hydrogens is 285 g/mol. The number of likely N-dealkylation sites (tertiary alicyclic amines) is 2. The molecule has 2 fully saturated rings. The molecule has 2 heterocycles. The van der Waals surface area contributed by atoms with Gasteiger partial charge in [0.05, 0.1) is 6.67 Å². The van der Waals surface area contributed by atoms with Crippen molar-refractivity contribution in [2.45, 2.75) is 32.1 Å². The lowest BCUT2D eigenvalue weighted by Gasteiger charge is -2.08. The Kier molecular flexibility index (Phi) is 6.98. The van der Waals surface area contributed by atoms with Gasteiger partial charge in [0.25, 0.3) is 0 Å². The molecule has 0 radical (unpaired) electrons. The normalized spacial score (nSPS) is 25.6. The van der Waals surface area contributed by atoms with Crippen molar-refractivity contribution in [3.8, 4) is 0 Å². The minimum absolute atomic E-state index is 0.0324. The highest BCUT2D eigenvalue weighted by atomic mass is 19.3. The van der Waals surface area contributed by atoms with E-state index in [2.05, 4.69) is 0 Å². The van der Waals surface area contributed by atoms with E-state index < -0.39 is 12.3 Å². The van der Waals surface area contributed by atoms with Crippen LogP contribution in [0.2, 0.25) is 0 Å². The molecule has 0 spiro atoms. The van der Waals surface area contributed by atoms with E-state index in [-0.39, 0.29) is 30.8 Å². The van der Waals surface area contributed by atoms with E-state index in [1.165, 1.54) is 4.90 Å². The second-order valence-corrected chi connectivity index (χ2v) is 5.60. The predicted molar refractivity (Wildman–Crippen MR) is 72.7 cm³/mol. The van der Waals surface area contributed by atoms with Crippen molar-refractivity contribution in [1.82, 2.24) is 9.80 Å². The second-order valence-electron chi connectivity index (χ2n) is 5.60. The predicted octanol–water partition coefficient (Wildman–Crippen LogP) is 1.94. The number of hydrogen-bond acceptors (Lipinski definition) is 2. The van der Waals surface area contributed by atoms with Crippen LogP contribution in [0.4, 0.5) is 13.2 Å². The van der Waals surface area contributed by atoms with Crippen molar-refractivity contribution < 1.29 is 22.8 Å². The zero-order chi connectivity index (χ0) is 16.0. The standard InChI is InChI=1S/C7H11F2NO.C7H12FNO/c1-10-3-2-5(7(10)11)4-6(8)9;1-9-5-3-6(2-4-8)7(9)10/h5-6H,2-4H2,1H3;6H,2-5H2,1H3. The lowest BCUT2D eigenvalue weighted by molar-refractivity contribution is -0.131. The SMILES string of the molecule is CN1CCC(CC(F)F)C1=O.CN1CCC(CCF)C1=O. The van der Waals surface area contributed by atoms with Gasteiger partial charge in [-0.2, -0.15) is 0 Å². The molecule has 0 aromatic carbocycles. The fourth-order valence-corrected chi connectivity index (χ4v) is 2.62. The monoisotopic (exact) mass is 308 g/mol. The van der Waals surface area contributed by atoms with E-state index in [1.807, 2.05) is 0 Å². The maximum Gasteiger partial charge on any atom is 0.239 e. The Morgan fingerprint density at radius 3 is 1.86 bits per heavy atom. The van der Waals surface area contributed by atoms with Gasteiger partial charge in [0.1, 0.15) is 0 Å². The first-order valence-electron chi connectivity index (χ1n) is 7.20. The topological polar surface area (TPSA) is 40.6 Å². The van der Waals surface area contributed by atoms with E-state index >= 15 is 0 Å². The Hall–Kier alpha value is -1.27. The van der Waals surface area contributed by atoms with Crippen LogP contribution < -0.4 is 0 Å². The summed E-state index contributed by atoms with van der Waals surface area (Å²) >= 11 is 0. The van der Waals surface area contributed by atoms with Gasteiger partial charge in [0.15, 0.2) is 0 Å². The molecule has 2 amide bonds. The summed E-state index contributed by atoms with van der Waals surface area (Å²) < 4.78 is 35.4. The number of alkyl halides is 3. The highest BCUT2D eigenvalue weighted by molar-refractivity contribution is 5.80. The summed E-state index contributed by atoms with van der Waals surface area (Å²) in [6.45, 7) is 1.05. The smallest absolute Gasteiger partial charge is 0.239 e. The van der Waals surface area contributed by atoms with Gasteiger partial charge in [-0.05, 0) is 19.3 Å². The van der Waals surface area contributed by atoms with Crippen LogP contribution in [0.3, 0.4) is 0 Å². The van der Waals surface area contributed by atoms with Crippen molar-refractivity contribution in [3.63, 3.8) is 0 Å². The molecule has 0 aromatic heterocycles. The Morgan fingerprint density at radius 2 is 1.52 bits per heavy atom. The molecule has 2 aliphatic rings. The van der Waals surface area contributed by atoms with Crippen LogP contribution in [0.25, 0.3) is 0 Å². The van der Waals surface area contributed by atoms with E-state index in [9.17, 15) is 22.8 Å². The number of halogens is 3. The molecule has 2 saturated heterocycles. The Bertz CT molecular complexity index is 364. The van der Waals surface area contributed by atoms with Gasteiger partial charge in [0.2, 0.25) is 18.2 Å². The number of hydrogen-bond donors (Lipinski definition) is 0. The first-order valence-corrected chi connectivity index (χ1v) is 7.20. The summed E-state index contributed by atoms with van der Waals surface area (Å²) in [6.07, 6.45) is -0.805. The number of carbonyl (C=O) groups excluding carboxylic acids is 2. The quantitative estimate of drug-likeness (QED) is 0.796. The van der Waals surface area contributed by atoms with Gasteiger partial charge in [-0.1, -0.05) is 0 Å². The molecule has 0 aliphatic carbocycles. The molecular formula is C14H23F3N2O2. The van der Waals surface area contributed by atoms with Gasteiger partial charge in [-0.3, -0.25) is 14.0 Å². The molecule has 0 N–H and O–H groups in total. The van der Waals surface area contributed by atoms with Gasteiger partial charge in [-0.25, -0.2) is 8.78 Å². The maximum atomic E-state index is 11.8. The van der Waals surface area contributed by atoms with Crippen LogP contribution in [-0.4, -0.2) is 61.9 Å². The maximum absolute atomic E-state index is 11.8. The second kappa shape index (κ2) is 8.24. The average molecular weight is 308 g/mol. The first kappa shape index (κ1) is 17.8. The first-order chi connectivity index (χ1) is 9.86. The third-order valence-electron chi connectivity index (χ3n) is 4.00. The zero-order valence-electron chi connectivity index (χ0n) is 12.5. The lowest BCUT2D eigenvalue weighted by Crippen LogP contribution is -2.23. The third-order valence-corrected chi connectivity index (χ3v) is 4.00. The summed E-state index contributed by atoms with van der Waals surface area (Å²) in [7, 11) is 3.41. The molecule has 0 aromatic rings. The van der Waals surface area contributed by atoms with Crippen LogP contribution in [0.15, 0.2) is 0 Å². The average Bonchev–Trinajstić information content (AvgIpc) is 2.90. The van der Waals surface area contributed by atoms with Crippen molar-refractivity contribution in [1.29, 1.82) is 0 Å². The molecule has 2 unspecified atom stereocenters. The van der Waals surface area contributed by atoms with Crippen LogP contribution >= 0.6 is 0 Å². The van der Waals surface area contributed by atoms with E-state index in [1.54, 1.807) is 19.0 Å². The molecule has 0 bridgehead atoms. The Labute approximate surface area is 123 Å². The zero-order valence-corrected chi connectivity index (χ0v) is 12.5. The lowest BCUT2D eigenvalue weighted by atomic mass is 10.1. The number of amides is 2. The summed E-state index contributed by atoms with van der Waals surface area (Å²) in [4.78, 5) is 25.3. The minimum atomic E-state index is -2.35. The van der Waals surface area contributed by atoms with Crippen LogP contribution in [0, 0.1) is 11.8 Å². The number of rotatable bonds is 4. The van der Waals surface area contributed by atoms with Crippen molar-refractivity contribution in [2.24, 2.45) is 11.8 Å². The number of carbonyl (C=O) groups is 2. The van der Waals surface area contributed by atoms with Crippen LogP contribution in [0.1, 0.15) is 25.7 Å².